The first-order chi connectivity index (χ1) is 14.3. The number of imide groups is 1. The summed E-state index contributed by atoms with van der Waals surface area (Å²) in [5, 5.41) is 5.38. The van der Waals surface area contributed by atoms with Crippen LogP contribution in [-0.4, -0.2) is 35.1 Å². The molecule has 2 N–H and O–H groups in total. The third kappa shape index (κ3) is 3.47. The Hall–Kier alpha value is -3.48. The van der Waals surface area contributed by atoms with Gasteiger partial charge in [-0.05, 0) is 61.9 Å². The fraction of sp³-hybridized carbons (Fsp3) is 0.304. The first-order valence-electron chi connectivity index (χ1n) is 9.95. The lowest BCUT2D eigenvalue weighted by Gasteiger charge is -2.23. The molecule has 4 amide bonds. The van der Waals surface area contributed by atoms with Gasteiger partial charge in [-0.2, -0.15) is 0 Å². The van der Waals surface area contributed by atoms with Gasteiger partial charge in [0.1, 0.15) is 12.1 Å². The number of carbonyl (C=O) groups is 4. The molecule has 7 nitrogen and oxygen atoms in total. The second-order valence-corrected chi connectivity index (χ2v) is 7.97. The average molecular weight is 405 g/mol. The molecule has 2 aromatic carbocycles. The van der Waals surface area contributed by atoms with Gasteiger partial charge in [0.2, 0.25) is 5.91 Å². The zero-order valence-electron chi connectivity index (χ0n) is 17.0. The van der Waals surface area contributed by atoms with Gasteiger partial charge in [0.25, 0.3) is 5.91 Å². The van der Waals surface area contributed by atoms with Crippen molar-refractivity contribution in [1.29, 1.82) is 0 Å². The molecule has 0 aromatic heterocycles. The Labute approximate surface area is 174 Å². The Bertz CT molecular complexity index is 1080. The van der Waals surface area contributed by atoms with Crippen molar-refractivity contribution in [3.63, 3.8) is 0 Å². The highest BCUT2D eigenvalue weighted by molar-refractivity contribution is 6.10. The van der Waals surface area contributed by atoms with Gasteiger partial charge in [0, 0.05) is 11.3 Å². The number of hydrogen-bond acceptors (Lipinski definition) is 4. The third-order valence-electron chi connectivity index (χ3n) is 5.81. The Kier molecular flexibility index (Phi) is 4.89. The number of ketones is 1. The van der Waals surface area contributed by atoms with E-state index < -0.39 is 29.9 Å². The summed E-state index contributed by atoms with van der Waals surface area (Å²) in [6.07, 6.45) is 3.09. The molecule has 154 valence electrons. The summed E-state index contributed by atoms with van der Waals surface area (Å²) < 4.78 is 0. The maximum Gasteiger partial charge on any atom is 0.325 e. The van der Waals surface area contributed by atoms with E-state index in [9.17, 15) is 19.2 Å². The highest BCUT2D eigenvalue weighted by atomic mass is 16.2. The zero-order chi connectivity index (χ0) is 21.5. The molecule has 4 rings (SSSR count). The van der Waals surface area contributed by atoms with Crippen LogP contribution in [0.1, 0.15) is 47.3 Å². The average Bonchev–Trinajstić information content (AvgIpc) is 3.26. The Morgan fingerprint density at radius 2 is 1.87 bits per heavy atom. The van der Waals surface area contributed by atoms with Crippen molar-refractivity contribution in [1.82, 2.24) is 10.2 Å². The van der Waals surface area contributed by atoms with Gasteiger partial charge in [0.15, 0.2) is 5.78 Å². The van der Waals surface area contributed by atoms with Crippen molar-refractivity contribution in [3.8, 4) is 0 Å². The van der Waals surface area contributed by atoms with Gasteiger partial charge in [-0.25, -0.2) is 4.79 Å². The summed E-state index contributed by atoms with van der Waals surface area (Å²) in [4.78, 5) is 50.5. The number of amides is 4. The maximum atomic E-state index is 13.1. The summed E-state index contributed by atoms with van der Waals surface area (Å²) in [6.45, 7) is 2.70. The summed E-state index contributed by atoms with van der Waals surface area (Å²) in [5.41, 5.74) is 2.90. The minimum absolute atomic E-state index is 0.120. The van der Waals surface area contributed by atoms with Crippen molar-refractivity contribution < 1.29 is 19.2 Å². The fourth-order valence-electron chi connectivity index (χ4n) is 4.08. The van der Waals surface area contributed by atoms with Crippen LogP contribution in [0, 0.1) is 0 Å². The number of carbonyl (C=O) groups excluding carboxylic acids is 4. The number of Topliss-reactive ketones (excluding diaryl/α,β-unsaturated/α-hetero) is 1. The number of aryl methyl sites for hydroxylation is 2. The van der Waals surface area contributed by atoms with E-state index in [1.807, 2.05) is 18.2 Å². The van der Waals surface area contributed by atoms with Crippen molar-refractivity contribution in [2.75, 3.05) is 11.9 Å². The predicted molar refractivity (Wildman–Crippen MR) is 111 cm³/mol. The molecule has 2 aliphatic rings. The number of rotatable bonds is 5. The Morgan fingerprint density at radius 3 is 2.63 bits per heavy atom. The summed E-state index contributed by atoms with van der Waals surface area (Å²) in [7, 11) is 0. The van der Waals surface area contributed by atoms with E-state index in [2.05, 4.69) is 10.6 Å². The fourth-order valence-corrected chi connectivity index (χ4v) is 4.08. The van der Waals surface area contributed by atoms with Gasteiger partial charge in [-0.3, -0.25) is 19.3 Å². The van der Waals surface area contributed by atoms with E-state index >= 15 is 0 Å². The van der Waals surface area contributed by atoms with Crippen LogP contribution in [-0.2, 0) is 28.0 Å². The maximum absolute atomic E-state index is 13.1. The first-order valence-corrected chi connectivity index (χ1v) is 9.95. The zero-order valence-corrected chi connectivity index (χ0v) is 17.0. The van der Waals surface area contributed by atoms with Crippen LogP contribution in [0.3, 0.4) is 0 Å². The van der Waals surface area contributed by atoms with Crippen molar-refractivity contribution in [2.24, 2.45) is 0 Å². The second kappa shape index (κ2) is 7.40. The van der Waals surface area contributed by atoms with Gasteiger partial charge >= 0.3 is 6.03 Å². The molecule has 1 aliphatic heterocycles. The molecule has 0 bridgehead atoms. The van der Waals surface area contributed by atoms with Gasteiger partial charge < -0.3 is 10.6 Å². The topological polar surface area (TPSA) is 95.6 Å². The van der Waals surface area contributed by atoms with Crippen molar-refractivity contribution in [3.05, 3.63) is 64.7 Å². The molecule has 2 aromatic rings. The normalized spacial score (nSPS) is 20.1. The first kappa shape index (κ1) is 19.8. The van der Waals surface area contributed by atoms with E-state index in [1.165, 1.54) is 18.1 Å². The van der Waals surface area contributed by atoms with E-state index in [0.717, 1.165) is 29.7 Å². The lowest BCUT2D eigenvalue weighted by molar-refractivity contribution is -0.133. The largest absolute Gasteiger partial charge is 0.325 e. The van der Waals surface area contributed by atoms with E-state index in [-0.39, 0.29) is 5.78 Å². The molecule has 1 saturated heterocycles. The molecular weight excluding hydrogens is 382 g/mol. The van der Waals surface area contributed by atoms with Crippen LogP contribution >= 0.6 is 0 Å². The number of anilines is 1. The molecule has 0 saturated carbocycles. The molecule has 1 aliphatic carbocycles. The number of nitrogens with one attached hydrogen (secondary N) is 2. The number of hydrogen-bond donors (Lipinski definition) is 2. The van der Waals surface area contributed by atoms with Crippen LogP contribution < -0.4 is 10.6 Å². The minimum atomic E-state index is -1.20. The van der Waals surface area contributed by atoms with Crippen LogP contribution in [0.5, 0.6) is 0 Å². The van der Waals surface area contributed by atoms with E-state index in [1.54, 1.807) is 31.2 Å². The lowest BCUT2D eigenvalue weighted by atomic mass is 9.89. The minimum Gasteiger partial charge on any atom is -0.325 e. The monoisotopic (exact) mass is 405 g/mol. The summed E-state index contributed by atoms with van der Waals surface area (Å²) in [5.74, 6) is -1.10. The molecule has 0 spiro atoms. The van der Waals surface area contributed by atoms with Crippen LogP contribution in [0.15, 0.2) is 42.5 Å². The predicted octanol–water partition coefficient (Wildman–Crippen LogP) is 2.78. The van der Waals surface area contributed by atoms with Crippen molar-refractivity contribution >= 4 is 29.3 Å². The van der Waals surface area contributed by atoms with Crippen LogP contribution in [0.4, 0.5) is 10.5 Å². The molecule has 30 heavy (non-hydrogen) atoms. The second-order valence-electron chi connectivity index (χ2n) is 7.97. The number of benzene rings is 2. The SMILES string of the molecule is CC(=O)c1cccc(NC(=O)CN2C(=O)N[C@](C)(c3ccc4c(c3)CCC4)C2=O)c1. The summed E-state index contributed by atoms with van der Waals surface area (Å²) >= 11 is 0. The van der Waals surface area contributed by atoms with Crippen LogP contribution in [0.25, 0.3) is 0 Å². The molecule has 1 heterocycles. The van der Waals surface area contributed by atoms with Gasteiger partial charge in [-0.1, -0.05) is 30.3 Å². The molecule has 1 atom stereocenters. The highest BCUT2D eigenvalue weighted by Gasteiger charge is 2.49. The molecule has 0 unspecified atom stereocenters. The van der Waals surface area contributed by atoms with E-state index in [0.29, 0.717) is 11.3 Å². The quantitative estimate of drug-likeness (QED) is 0.591. The van der Waals surface area contributed by atoms with Gasteiger partial charge in [-0.15, -0.1) is 0 Å². The Morgan fingerprint density at radius 1 is 1.10 bits per heavy atom. The molecule has 7 heteroatoms. The highest BCUT2D eigenvalue weighted by Crippen LogP contribution is 2.32. The Balaban J connectivity index is 1.49. The van der Waals surface area contributed by atoms with Crippen molar-refractivity contribution in [2.45, 2.75) is 38.6 Å². The number of urea groups is 1. The summed E-state index contributed by atoms with van der Waals surface area (Å²) in [6, 6.07) is 11.8. The molecule has 0 radical (unpaired) electrons. The standard InChI is InChI=1S/C23H23N3O4/c1-14(27)16-6-4-8-19(12-16)24-20(28)13-26-21(29)23(2,25-22(26)30)18-10-9-15-5-3-7-17(15)11-18/h4,6,8-12H,3,5,7,13H2,1-2H3,(H,24,28)(H,25,30)/t23-/m1/s1. The lowest BCUT2D eigenvalue weighted by Crippen LogP contribution is -2.42. The number of nitrogens with zero attached hydrogens (tertiary/aromatic N) is 1. The van der Waals surface area contributed by atoms with E-state index in [4.69, 9.17) is 0 Å². The molecule has 1 fully saturated rings. The number of fused-ring (bicyclic) bond motifs is 1. The third-order valence-corrected chi connectivity index (χ3v) is 5.81. The van der Waals surface area contributed by atoms with Crippen LogP contribution in [0.2, 0.25) is 0 Å². The smallest absolute Gasteiger partial charge is 0.325 e. The van der Waals surface area contributed by atoms with Gasteiger partial charge in [0.05, 0.1) is 0 Å². The molecular formula is C23H23N3O4.